The molecule has 0 saturated carbocycles. The summed E-state index contributed by atoms with van der Waals surface area (Å²) in [5.41, 5.74) is 10.2. The zero-order chi connectivity index (χ0) is 25.8. The molecule has 4 aromatic rings. The van der Waals surface area contributed by atoms with Gasteiger partial charge in [0.15, 0.2) is 0 Å². The number of amidine groups is 1. The minimum absolute atomic E-state index is 0.112. The molecule has 184 valence electrons. The lowest BCUT2D eigenvalue weighted by Crippen LogP contribution is -2.24. The van der Waals surface area contributed by atoms with E-state index in [0.717, 1.165) is 39.9 Å². The molecule has 0 saturated heterocycles. The lowest BCUT2D eigenvalue weighted by molar-refractivity contribution is 0.0857. The first kappa shape index (κ1) is 23.0. The van der Waals surface area contributed by atoms with Crippen LogP contribution in [0.1, 0.15) is 55.9 Å². The van der Waals surface area contributed by atoms with Crippen molar-refractivity contribution in [2.45, 2.75) is 18.8 Å². The summed E-state index contributed by atoms with van der Waals surface area (Å²) < 4.78 is 48.8. The van der Waals surface area contributed by atoms with Gasteiger partial charge in [0, 0.05) is 17.7 Å². The molecule has 2 bridgehead atoms. The maximum Gasteiger partial charge on any atom is 0.251 e. The minimum atomic E-state index is -0.962. The van der Waals surface area contributed by atoms with E-state index in [2.05, 4.69) is 5.32 Å². The van der Waals surface area contributed by atoms with Crippen molar-refractivity contribution < 1.29 is 22.7 Å². The molecule has 8 heteroatoms. The average Bonchev–Trinajstić information content (AvgIpc) is 3.44. The normalized spacial score (nSPS) is 16.8. The molecule has 0 aromatic heterocycles. The van der Waals surface area contributed by atoms with Crippen LogP contribution in [0.4, 0.5) is 13.2 Å². The predicted molar refractivity (Wildman–Crippen MR) is 132 cm³/mol. The second kappa shape index (κ2) is 8.60. The fraction of sp³-hybridized carbons (Fsp3) is 0.103. The first-order valence-electron chi connectivity index (χ1n) is 11.6. The van der Waals surface area contributed by atoms with E-state index in [1.807, 2.05) is 24.3 Å². The van der Waals surface area contributed by atoms with E-state index in [1.54, 1.807) is 30.3 Å². The summed E-state index contributed by atoms with van der Waals surface area (Å²) in [7, 11) is 0. The van der Waals surface area contributed by atoms with Crippen LogP contribution in [0.15, 0.2) is 72.8 Å². The SMILES string of the molecule is N=C(N)c1c(F)cc(CNC(=O)c2ccc3c(c2)[C@@H]2O[C@H]3c3ccc(-c4ccccc4F)cc32)cc1F. The van der Waals surface area contributed by atoms with E-state index in [9.17, 15) is 18.0 Å². The molecule has 4 N–H and O–H groups in total. The number of amides is 1. The Hall–Kier alpha value is -4.43. The van der Waals surface area contributed by atoms with Crippen LogP contribution in [0.25, 0.3) is 11.1 Å². The number of carbonyl (C=O) groups excluding carboxylic acids is 1. The zero-order valence-electron chi connectivity index (χ0n) is 19.3. The van der Waals surface area contributed by atoms with E-state index in [0.29, 0.717) is 11.1 Å². The molecule has 2 heterocycles. The van der Waals surface area contributed by atoms with Gasteiger partial charge in [-0.05, 0) is 69.8 Å². The van der Waals surface area contributed by atoms with Crippen LogP contribution in [0.2, 0.25) is 0 Å². The van der Waals surface area contributed by atoms with Gasteiger partial charge in [-0.3, -0.25) is 10.2 Å². The third-order valence-electron chi connectivity index (χ3n) is 6.85. The Morgan fingerprint density at radius 1 is 0.838 bits per heavy atom. The minimum Gasteiger partial charge on any atom is -0.384 e. The highest BCUT2D eigenvalue weighted by Crippen LogP contribution is 2.54. The summed E-state index contributed by atoms with van der Waals surface area (Å²) in [6.45, 7) is -0.112. The molecule has 4 aromatic carbocycles. The van der Waals surface area contributed by atoms with Gasteiger partial charge in [0.25, 0.3) is 5.91 Å². The number of fused-ring (bicyclic) bond motifs is 8. The van der Waals surface area contributed by atoms with Crippen molar-refractivity contribution >= 4 is 11.7 Å². The van der Waals surface area contributed by atoms with Crippen molar-refractivity contribution in [3.8, 4) is 11.1 Å². The maximum absolute atomic E-state index is 14.4. The Bertz CT molecular complexity index is 1600. The summed E-state index contributed by atoms with van der Waals surface area (Å²) in [5, 5.41) is 9.95. The van der Waals surface area contributed by atoms with Gasteiger partial charge in [-0.15, -0.1) is 0 Å². The van der Waals surface area contributed by atoms with Crippen LogP contribution in [0.3, 0.4) is 0 Å². The van der Waals surface area contributed by atoms with Crippen LogP contribution in [0, 0.1) is 22.9 Å². The van der Waals surface area contributed by atoms with Crippen LogP contribution in [-0.4, -0.2) is 11.7 Å². The molecule has 5 nitrogen and oxygen atoms in total. The molecule has 0 spiro atoms. The first-order chi connectivity index (χ1) is 17.8. The van der Waals surface area contributed by atoms with E-state index in [-0.39, 0.29) is 30.1 Å². The molecule has 2 atom stereocenters. The van der Waals surface area contributed by atoms with Gasteiger partial charge in [-0.25, -0.2) is 13.2 Å². The molecule has 37 heavy (non-hydrogen) atoms. The lowest BCUT2D eigenvalue weighted by Gasteiger charge is -2.18. The number of nitrogens with two attached hydrogens (primary N) is 1. The fourth-order valence-electron chi connectivity index (χ4n) is 5.12. The lowest BCUT2D eigenvalue weighted by atomic mass is 9.83. The summed E-state index contributed by atoms with van der Waals surface area (Å²) in [5.74, 6) is -3.35. The van der Waals surface area contributed by atoms with Gasteiger partial charge in [0.05, 0.1) is 5.56 Å². The number of ether oxygens (including phenoxy) is 1. The van der Waals surface area contributed by atoms with Crippen molar-refractivity contribution in [3.05, 3.63) is 129 Å². The van der Waals surface area contributed by atoms with Crippen molar-refractivity contribution in [2.75, 3.05) is 0 Å². The Kier molecular flexibility index (Phi) is 5.35. The summed E-state index contributed by atoms with van der Waals surface area (Å²) in [6.07, 6.45) is -0.635. The Balaban J connectivity index is 1.24. The number of carbonyl (C=O) groups is 1. The van der Waals surface area contributed by atoms with Crippen LogP contribution in [-0.2, 0) is 11.3 Å². The van der Waals surface area contributed by atoms with E-state index in [1.165, 1.54) is 6.07 Å². The first-order valence-corrected chi connectivity index (χ1v) is 11.6. The quantitative estimate of drug-likeness (QED) is 0.250. The van der Waals surface area contributed by atoms with E-state index >= 15 is 0 Å². The van der Waals surface area contributed by atoms with Crippen LogP contribution < -0.4 is 11.1 Å². The second-order valence-corrected chi connectivity index (χ2v) is 9.09. The highest BCUT2D eigenvalue weighted by molar-refractivity contribution is 5.96. The molecule has 0 unspecified atom stereocenters. The number of nitrogens with one attached hydrogen (secondary N) is 2. The van der Waals surface area contributed by atoms with Gasteiger partial charge in [-0.1, -0.05) is 36.4 Å². The standard InChI is InChI=1S/C29H20F3N3O2/c30-22-4-2-1-3-17(22)15-5-7-18-20(11-15)27-21-12-16(6-8-19(21)26(18)37-27)29(36)35-13-14-9-23(31)25(28(33)34)24(32)10-14/h1-12,26-27H,13H2,(H3,33,34)(H,35,36)/t26-,27+/m0/s1. The largest absolute Gasteiger partial charge is 0.384 e. The molecular formula is C29H20F3N3O2. The fourth-order valence-corrected chi connectivity index (χ4v) is 5.12. The summed E-state index contributed by atoms with van der Waals surface area (Å²) >= 11 is 0. The number of hydrogen-bond acceptors (Lipinski definition) is 3. The second-order valence-electron chi connectivity index (χ2n) is 9.09. The van der Waals surface area contributed by atoms with Gasteiger partial charge in [-0.2, -0.15) is 0 Å². The number of halogens is 3. The number of rotatable bonds is 5. The van der Waals surface area contributed by atoms with Gasteiger partial charge >= 0.3 is 0 Å². The number of benzene rings is 4. The van der Waals surface area contributed by atoms with Gasteiger partial charge in [0.1, 0.15) is 35.5 Å². The van der Waals surface area contributed by atoms with Crippen LogP contribution >= 0.6 is 0 Å². The molecule has 0 fully saturated rings. The average molecular weight is 499 g/mol. The van der Waals surface area contributed by atoms with Crippen molar-refractivity contribution in [2.24, 2.45) is 5.73 Å². The van der Waals surface area contributed by atoms with Crippen molar-refractivity contribution in [1.82, 2.24) is 5.32 Å². The van der Waals surface area contributed by atoms with Gasteiger partial charge in [0.2, 0.25) is 0 Å². The molecule has 2 aliphatic heterocycles. The molecular weight excluding hydrogens is 479 g/mol. The van der Waals surface area contributed by atoms with E-state index in [4.69, 9.17) is 15.9 Å². The Morgan fingerprint density at radius 2 is 1.49 bits per heavy atom. The Morgan fingerprint density at radius 3 is 2.19 bits per heavy atom. The topological polar surface area (TPSA) is 88.2 Å². The monoisotopic (exact) mass is 499 g/mol. The molecule has 1 amide bonds. The van der Waals surface area contributed by atoms with Crippen LogP contribution in [0.5, 0.6) is 0 Å². The van der Waals surface area contributed by atoms with E-state index < -0.39 is 28.9 Å². The number of hydrogen-bond donors (Lipinski definition) is 3. The molecule has 2 aliphatic rings. The third kappa shape index (κ3) is 3.77. The Labute approximate surface area is 210 Å². The molecule has 0 aliphatic carbocycles. The van der Waals surface area contributed by atoms with Crippen molar-refractivity contribution in [1.29, 1.82) is 5.41 Å². The highest BCUT2D eigenvalue weighted by Gasteiger charge is 2.43. The smallest absolute Gasteiger partial charge is 0.251 e. The maximum atomic E-state index is 14.4. The summed E-state index contributed by atoms with van der Waals surface area (Å²) in [4.78, 5) is 12.9. The highest BCUT2D eigenvalue weighted by atomic mass is 19.1. The third-order valence-corrected chi connectivity index (χ3v) is 6.85. The molecule has 0 radical (unpaired) electrons. The summed E-state index contributed by atoms with van der Waals surface area (Å²) in [6, 6.07) is 19.7. The van der Waals surface area contributed by atoms with Gasteiger partial charge < -0.3 is 15.8 Å². The molecule has 6 rings (SSSR count). The number of nitrogen functional groups attached to an aromatic ring is 1. The predicted octanol–water partition coefficient (Wildman–Crippen LogP) is 5.51. The zero-order valence-corrected chi connectivity index (χ0v) is 19.3. The van der Waals surface area contributed by atoms with Crippen molar-refractivity contribution in [3.63, 3.8) is 0 Å².